The maximum absolute atomic E-state index is 13.0. The number of esters is 5. The van der Waals surface area contributed by atoms with Crippen molar-refractivity contribution in [3.63, 3.8) is 0 Å². The molecular weight excluding hydrogens is 528 g/mol. The van der Waals surface area contributed by atoms with Crippen LogP contribution in [-0.2, 0) is 52.4 Å². The van der Waals surface area contributed by atoms with Crippen LogP contribution >= 0.6 is 0 Å². The van der Waals surface area contributed by atoms with E-state index in [4.69, 9.17) is 28.4 Å². The Balaban J connectivity index is 2.02. The zero-order valence-electron chi connectivity index (χ0n) is 23.5. The molecule has 0 radical (unpaired) electrons. The molecule has 0 unspecified atom stereocenters. The summed E-state index contributed by atoms with van der Waals surface area (Å²) in [5.41, 5.74) is -4.08. The third kappa shape index (κ3) is 5.14. The van der Waals surface area contributed by atoms with E-state index in [-0.39, 0.29) is 13.2 Å². The van der Waals surface area contributed by atoms with Crippen molar-refractivity contribution in [1.29, 1.82) is 0 Å². The summed E-state index contributed by atoms with van der Waals surface area (Å²) in [5, 5.41) is 12.5. The fourth-order valence-corrected chi connectivity index (χ4v) is 6.61. The van der Waals surface area contributed by atoms with Crippen LogP contribution in [0.3, 0.4) is 0 Å². The lowest BCUT2D eigenvalue weighted by molar-refractivity contribution is -0.236. The molecule has 2 saturated heterocycles. The van der Waals surface area contributed by atoms with Crippen molar-refractivity contribution >= 4 is 29.8 Å². The molecule has 9 atom stereocenters. The van der Waals surface area contributed by atoms with E-state index in [1.807, 2.05) is 0 Å². The number of ether oxygens (including phenoxy) is 6. The lowest BCUT2D eigenvalue weighted by Gasteiger charge is -2.56. The third-order valence-corrected chi connectivity index (χ3v) is 8.58. The first-order valence-corrected chi connectivity index (χ1v) is 13.3. The molecule has 1 saturated carbocycles. The van der Waals surface area contributed by atoms with Crippen LogP contribution in [0, 0.1) is 17.3 Å². The highest BCUT2D eigenvalue weighted by atomic mass is 16.6. The molecule has 0 aromatic rings. The molecule has 12 nitrogen and oxygen atoms in total. The number of rotatable bonds is 5. The molecule has 0 aromatic heterocycles. The molecule has 4 aliphatic rings. The first-order chi connectivity index (χ1) is 18.6. The van der Waals surface area contributed by atoms with E-state index in [0.29, 0.717) is 18.4 Å². The highest BCUT2D eigenvalue weighted by molar-refractivity contribution is 5.78. The van der Waals surface area contributed by atoms with Gasteiger partial charge in [0, 0.05) is 33.6 Å². The fraction of sp³-hybridized carbons (Fsp3) is 0.679. The van der Waals surface area contributed by atoms with Crippen molar-refractivity contribution in [2.75, 3.05) is 13.2 Å². The average molecular weight is 565 g/mol. The lowest BCUT2D eigenvalue weighted by atomic mass is 9.53. The zero-order chi connectivity index (χ0) is 29.6. The van der Waals surface area contributed by atoms with Gasteiger partial charge in [-0.2, -0.15) is 0 Å². The van der Waals surface area contributed by atoms with Crippen LogP contribution in [0.2, 0.25) is 0 Å². The number of carbonyl (C=O) groups excluding carboxylic acids is 5. The van der Waals surface area contributed by atoms with Gasteiger partial charge in [-0.15, -0.1) is 0 Å². The molecule has 220 valence electrons. The van der Waals surface area contributed by atoms with E-state index in [0.717, 1.165) is 0 Å². The minimum absolute atomic E-state index is 0.242. The quantitative estimate of drug-likeness (QED) is 0.290. The van der Waals surface area contributed by atoms with Crippen molar-refractivity contribution < 1.29 is 57.5 Å². The molecule has 4 rings (SSSR count). The molecule has 2 aliphatic heterocycles. The summed E-state index contributed by atoms with van der Waals surface area (Å²) in [7, 11) is 0. The molecule has 2 aliphatic carbocycles. The zero-order valence-corrected chi connectivity index (χ0v) is 23.5. The number of hydrogen-bond acceptors (Lipinski definition) is 12. The van der Waals surface area contributed by atoms with Crippen LogP contribution in [0.15, 0.2) is 23.8 Å². The molecule has 0 bridgehead atoms. The van der Waals surface area contributed by atoms with Gasteiger partial charge in [0.15, 0.2) is 11.7 Å². The number of epoxide rings is 1. The largest absolute Gasteiger partial charge is 0.462 e. The van der Waals surface area contributed by atoms with Gasteiger partial charge < -0.3 is 33.5 Å². The molecule has 3 fully saturated rings. The van der Waals surface area contributed by atoms with E-state index >= 15 is 0 Å². The normalized spacial score (nSPS) is 42.2. The van der Waals surface area contributed by atoms with Crippen LogP contribution in [0.4, 0.5) is 0 Å². The first kappa shape index (κ1) is 29.7. The molecule has 2 heterocycles. The van der Waals surface area contributed by atoms with Gasteiger partial charge in [-0.1, -0.05) is 13.0 Å². The van der Waals surface area contributed by atoms with Gasteiger partial charge in [-0.05, 0) is 37.5 Å². The van der Waals surface area contributed by atoms with Crippen LogP contribution in [0.25, 0.3) is 0 Å². The Hall–Kier alpha value is -3.25. The molecule has 0 aromatic carbocycles. The van der Waals surface area contributed by atoms with Gasteiger partial charge in [-0.25, -0.2) is 0 Å². The van der Waals surface area contributed by atoms with E-state index < -0.39 is 82.7 Å². The van der Waals surface area contributed by atoms with Gasteiger partial charge in [0.2, 0.25) is 0 Å². The maximum atomic E-state index is 13.0. The number of fused-ring (bicyclic) bond motifs is 3. The Kier molecular flexibility index (Phi) is 7.89. The van der Waals surface area contributed by atoms with Crippen molar-refractivity contribution in [2.24, 2.45) is 17.3 Å². The Morgan fingerprint density at radius 1 is 1.02 bits per heavy atom. The monoisotopic (exact) mass is 564 g/mol. The van der Waals surface area contributed by atoms with E-state index in [9.17, 15) is 29.1 Å². The second-order valence-corrected chi connectivity index (χ2v) is 11.2. The van der Waals surface area contributed by atoms with Crippen molar-refractivity contribution in [3.8, 4) is 0 Å². The van der Waals surface area contributed by atoms with Gasteiger partial charge >= 0.3 is 29.8 Å². The lowest BCUT2D eigenvalue weighted by Crippen LogP contribution is -2.69. The predicted molar refractivity (Wildman–Crippen MR) is 134 cm³/mol. The average Bonchev–Trinajstić information content (AvgIpc) is 3.58. The summed E-state index contributed by atoms with van der Waals surface area (Å²) < 4.78 is 34.3. The summed E-state index contributed by atoms with van der Waals surface area (Å²) in [6, 6.07) is 0. The Morgan fingerprint density at radius 2 is 1.65 bits per heavy atom. The van der Waals surface area contributed by atoms with Crippen LogP contribution in [0.5, 0.6) is 0 Å². The summed E-state index contributed by atoms with van der Waals surface area (Å²) in [4.78, 5) is 61.8. The fourth-order valence-electron chi connectivity index (χ4n) is 6.61. The van der Waals surface area contributed by atoms with E-state index in [2.05, 4.69) is 0 Å². The number of hydrogen-bond donors (Lipinski definition) is 1. The summed E-state index contributed by atoms with van der Waals surface area (Å²) in [6.45, 7) is 8.06. The van der Waals surface area contributed by atoms with E-state index in [1.54, 1.807) is 19.1 Å². The van der Waals surface area contributed by atoms with Crippen molar-refractivity contribution in [2.45, 2.75) is 90.0 Å². The first-order valence-electron chi connectivity index (χ1n) is 13.3. The molecule has 1 N–H and O–H groups in total. The van der Waals surface area contributed by atoms with Gasteiger partial charge in [-0.3, -0.25) is 24.0 Å². The molecular formula is C28H36O12. The molecule has 40 heavy (non-hydrogen) atoms. The van der Waals surface area contributed by atoms with Crippen molar-refractivity contribution in [1.82, 2.24) is 0 Å². The predicted octanol–water partition coefficient (Wildman–Crippen LogP) is 1.32. The van der Waals surface area contributed by atoms with Crippen LogP contribution < -0.4 is 0 Å². The smallest absolute Gasteiger partial charge is 0.312 e. The van der Waals surface area contributed by atoms with Gasteiger partial charge in [0.25, 0.3) is 0 Å². The number of aliphatic hydroxyl groups is 1. The Labute approximate surface area is 231 Å². The van der Waals surface area contributed by atoms with Gasteiger partial charge in [0.05, 0.1) is 23.5 Å². The summed E-state index contributed by atoms with van der Waals surface area (Å²) in [6.07, 6.45) is 0.550. The Morgan fingerprint density at radius 3 is 2.20 bits per heavy atom. The van der Waals surface area contributed by atoms with Crippen LogP contribution in [-0.4, -0.2) is 83.8 Å². The minimum Gasteiger partial charge on any atom is -0.462 e. The highest BCUT2D eigenvalue weighted by Crippen LogP contribution is 2.62. The standard InChI is InChI=1S/C28H36O12/c1-14-25(33)40-22-11-19(12-35-15(2)29)7-8-20(37-16(3)30)26(6)21(38-17(4)31)9-10-27(13-36-27)23(26)24(28(14,22)34)39-18(5)32/h7-8,11,14,20-24,34H,9-10,12-13H2,1-6H3/b8-7-,19-11-/t14-,20-,21-,22-,23+,24-,26-,27-,28-/m0/s1. The molecule has 12 heteroatoms. The maximum Gasteiger partial charge on any atom is 0.312 e. The SMILES string of the molecule is CC(=O)OCC1=C\[C@@H]2OC(=O)[C@H](C)[C@@]2(O)[C@@H](OC(C)=O)[C@H]2[C@]3(CC[C@H](OC(C)=O)[C@]2(C)[C@@H](OC(C)=O)/C=C\1)CO3. The Bertz CT molecular complexity index is 1150. The van der Waals surface area contributed by atoms with Gasteiger partial charge in [0.1, 0.15) is 24.9 Å². The second-order valence-electron chi connectivity index (χ2n) is 11.2. The molecule has 1 spiro atoms. The van der Waals surface area contributed by atoms with Crippen LogP contribution in [0.1, 0.15) is 54.4 Å². The van der Waals surface area contributed by atoms with Crippen molar-refractivity contribution in [3.05, 3.63) is 23.8 Å². The second kappa shape index (κ2) is 10.6. The topological polar surface area (TPSA) is 164 Å². The summed E-state index contributed by atoms with van der Waals surface area (Å²) >= 11 is 0. The van der Waals surface area contributed by atoms with E-state index in [1.165, 1.54) is 40.7 Å². The summed E-state index contributed by atoms with van der Waals surface area (Å²) in [5.74, 6) is -5.35. The third-order valence-electron chi connectivity index (χ3n) is 8.58. The highest BCUT2D eigenvalue weighted by Gasteiger charge is 2.74. The number of carbonyl (C=O) groups is 5. The molecule has 0 amide bonds. The minimum atomic E-state index is -2.13.